The minimum Gasteiger partial charge on any atom is -0.380 e. The summed E-state index contributed by atoms with van der Waals surface area (Å²) in [5.74, 6) is 1.53. The van der Waals surface area contributed by atoms with E-state index in [-0.39, 0.29) is 0 Å². The predicted molar refractivity (Wildman–Crippen MR) is 68.0 cm³/mol. The third-order valence-electron chi connectivity index (χ3n) is 4.50. The van der Waals surface area contributed by atoms with Crippen molar-refractivity contribution in [1.82, 2.24) is 4.90 Å². The molecule has 2 aliphatic rings. The fourth-order valence-corrected chi connectivity index (χ4v) is 3.14. The van der Waals surface area contributed by atoms with Crippen LogP contribution in [0.1, 0.15) is 39.0 Å². The lowest BCUT2D eigenvalue weighted by Crippen LogP contribution is -2.44. The highest BCUT2D eigenvalue weighted by Crippen LogP contribution is 2.26. The van der Waals surface area contributed by atoms with Crippen molar-refractivity contribution in [1.29, 1.82) is 0 Å². The number of hydrogen-bond donors (Lipinski definition) is 0. The second kappa shape index (κ2) is 5.96. The molecule has 0 radical (unpaired) electrons. The van der Waals surface area contributed by atoms with Gasteiger partial charge in [-0.1, -0.05) is 6.92 Å². The largest absolute Gasteiger partial charge is 0.380 e. The quantitative estimate of drug-likeness (QED) is 0.752. The van der Waals surface area contributed by atoms with Gasteiger partial charge in [0.15, 0.2) is 0 Å². The van der Waals surface area contributed by atoms with Crippen LogP contribution in [-0.4, -0.2) is 43.5 Å². The van der Waals surface area contributed by atoms with Gasteiger partial charge in [0.05, 0.1) is 6.10 Å². The number of likely N-dealkylation sites (tertiary alicyclic amines) is 1. The second-order valence-electron chi connectivity index (χ2n) is 5.68. The molecule has 1 aliphatic heterocycles. The Bertz CT molecular complexity index is 267. The van der Waals surface area contributed by atoms with E-state index in [1.165, 1.54) is 13.0 Å². The van der Waals surface area contributed by atoms with Crippen molar-refractivity contribution < 1.29 is 9.53 Å². The highest BCUT2D eigenvalue weighted by molar-refractivity contribution is 5.82. The molecule has 1 saturated carbocycles. The molecule has 17 heavy (non-hydrogen) atoms. The van der Waals surface area contributed by atoms with E-state index in [4.69, 9.17) is 4.74 Å². The van der Waals surface area contributed by atoms with E-state index < -0.39 is 0 Å². The predicted octanol–water partition coefficient (Wildman–Crippen LogP) is 2.10. The number of rotatable bonds is 4. The number of nitrogens with zero attached hydrogens (tertiary/aromatic N) is 1. The van der Waals surface area contributed by atoms with Crippen LogP contribution in [0.2, 0.25) is 0 Å². The van der Waals surface area contributed by atoms with E-state index in [0.717, 1.165) is 38.8 Å². The highest BCUT2D eigenvalue weighted by Gasteiger charge is 2.28. The van der Waals surface area contributed by atoms with Crippen LogP contribution in [-0.2, 0) is 9.53 Å². The Morgan fingerprint density at radius 2 is 2.24 bits per heavy atom. The van der Waals surface area contributed by atoms with Crippen molar-refractivity contribution in [3.05, 3.63) is 0 Å². The molecule has 0 spiro atoms. The molecule has 0 bridgehead atoms. The van der Waals surface area contributed by atoms with E-state index in [2.05, 4.69) is 11.8 Å². The van der Waals surface area contributed by atoms with Gasteiger partial charge in [-0.15, -0.1) is 0 Å². The number of Topliss-reactive ketones (excluding diaryl/α,β-unsaturated/α-hetero) is 1. The third-order valence-corrected chi connectivity index (χ3v) is 4.50. The zero-order valence-electron chi connectivity index (χ0n) is 11.2. The lowest BCUT2D eigenvalue weighted by Gasteiger charge is -2.36. The molecule has 0 aromatic carbocycles. The van der Waals surface area contributed by atoms with Crippen molar-refractivity contribution in [3.8, 4) is 0 Å². The van der Waals surface area contributed by atoms with Crippen LogP contribution >= 0.6 is 0 Å². The fraction of sp³-hybridized carbons (Fsp3) is 0.929. The molecule has 0 aromatic heterocycles. The van der Waals surface area contributed by atoms with Crippen LogP contribution < -0.4 is 0 Å². The Hall–Kier alpha value is -0.410. The zero-order valence-corrected chi connectivity index (χ0v) is 11.2. The summed E-state index contributed by atoms with van der Waals surface area (Å²) >= 11 is 0. The summed E-state index contributed by atoms with van der Waals surface area (Å²) in [4.78, 5) is 14.0. The summed E-state index contributed by atoms with van der Waals surface area (Å²) in [6.45, 7) is 5.55. The number of ether oxygens (including phenoxy) is 1. The van der Waals surface area contributed by atoms with Crippen molar-refractivity contribution in [2.75, 3.05) is 26.7 Å². The van der Waals surface area contributed by atoms with Crippen molar-refractivity contribution >= 4 is 5.78 Å². The Balaban J connectivity index is 1.74. The first kappa shape index (κ1) is 13.0. The second-order valence-corrected chi connectivity index (χ2v) is 5.68. The van der Waals surface area contributed by atoms with Gasteiger partial charge in [-0.05, 0) is 44.7 Å². The van der Waals surface area contributed by atoms with Gasteiger partial charge in [0, 0.05) is 26.0 Å². The van der Waals surface area contributed by atoms with Gasteiger partial charge in [-0.3, -0.25) is 4.79 Å². The molecular formula is C14H25NO2. The monoisotopic (exact) mass is 239 g/mol. The number of piperidine rings is 1. The Morgan fingerprint density at radius 3 is 2.88 bits per heavy atom. The summed E-state index contributed by atoms with van der Waals surface area (Å²) in [7, 11) is 1.81. The van der Waals surface area contributed by atoms with Crippen LogP contribution in [0.25, 0.3) is 0 Å². The molecular weight excluding hydrogens is 214 g/mol. The lowest BCUT2D eigenvalue weighted by atomic mass is 9.95. The topological polar surface area (TPSA) is 29.5 Å². The van der Waals surface area contributed by atoms with Crippen LogP contribution in [0.3, 0.4) is 0 Å². The first-order valence-corrected chi connectivity index (χ1v) is 6.98. The van der Waals surface area contributed by atoms with E-state index in [1.54, 1.807) is 0 Å². The van der Waals surface area contributed by atoms with Crippen LogP contribution in [0.5, 0.6) is 0 Å². The molecule has 2 rings (SSSR count). The van der Waals surface area contributed by atoms with E-state index in [1.807, 2.05) is 7.11 Å². The standard InChI is InChI=1S/C14H25NO2/c1-11-6-8-15(10-14(11)17-2)9-7-12-4-3-5-13(12)16/h11-12,14H,3-10H2,1-2H3. The molecule has 1 heterocycles. The van der Waals surface area contributed by atoms with Gasteiger partial charge in [0.25, 0.3) is 0 Å². The lowest BCUT2D eigenvalue weighted by molar-refractivity contribution is -0.121. The number of ketones is 1. The van der Waals surface area contributed by atoms with Gasteiger partial charge in [0.1, 0.15) is 5.78 Å². The van der Waals surface area contributed by atoms with Crippen LogP contribution in [0.4, 0.5) is 0 Å². The molecule has 2 fully saturated rings. The van der Waals surface area contributed by atoms with Gasteiger partial charge in [-0.2, -0.15) is 0 Å². The average molecular weight is 239 g/mol. The Kier molecular flexibility index (Phi) is 4.57. The van der Waals surface area contributed by atoms with Crippen molar-refractivity contribution in [3.63, 3.8) is 0 Å². The molecule has 1 saturated heterocycles. The Morgan fingerprint density at radius 1 is 1.41 bits per heavy atom. The molecule has 3 heteroatoms. The number of carbonyl (C=O) groups excluding carboxylic acids is 1. The van der Waals surface area contributed by atoms with E-state index in [0.29, 0.717) is 23.7 Å². The third kappa shape index (κ3) is 3.29. The number of hydrogen-bond acceptors (Lipinski definition) is 3. The SMILES string of the molecule is COC1CN(CCC2CCCC2=O)CCC1C. The summed E-state index contributed by atoms with van der Waals surface area (Å²) < 4.78 is 5.52. The minimum absolute atomic E-state index is 0.357. The average Bonchev–Trinajstić information content (AvgIpc) is 2.74. The van der Waals surface area contributed by atoms with Crippen LogP contribution in [0.15, 0.2) is 0 Å². The fourth-order valence-electron chi connectivity index (χ4n) is 3.14. The molecule has 1 aliphatic carbocycles. The van der Waals surface area contributed by atoms with Gasteiger partial charge in [-0.25, -0.2) is 0 Å². The first-order valence-electron chi connectivity index (χ1n) is 6.98. The summed E-state index contributed by atoms with van der Waals surface area (Å²) in [6.07, 6.45) is 5.71. The normalized spacial score (nSPS) is 35.4. The number of carbonyl (C=O) groups is 1. The summed E-state index contributed by atoms with van der Waals surface area (Å²) in [5.41, 5.74) is 0. The minimum atomic E-state index is 0.357. The summed E-state index contributed by atoms with van der Waals surface area (Å²) in [6, 6.07) is 0. The number of methoxy groups -OCH3 is 1. The molecule has 0 N–H and O–H groups in total. The van der Waals surface area contributed by atoms with Crippen molar-refractivity contribution in [2.45, 2.75) is 45.1 Å². The first-order chi connectivity index (χ1) is 8.20. The highest BCUT2D eigenvalue weighted by atomic mass is 16.5. The zero-order chi connectivity index (χ0) is 12.3. The molecule has 3 unspecified atom stereocenters. The van der Waals surface area contributed by atoms with Gasteiger partial charge >= 0.3 is 0 Å². The van der Waals surface area contributed by atoms with E-state index in [9.17, 15) is 4.79 Å². The smallest absolute Gasteiger partial charge is 0.136 e. The molecule has 3 nitrogen and oxygen atoms in total. The van der Waals surface area contributed by atoms with Crippen molar-refractivity contribution in [2.24, 2.45) is 11.8 Å². The van der Waals surface area contributed by atoms with E-state index >= 15 is 0 Å². The van der Waals surface area contributed by atoms with Gasteiger partial charge < -0.3 is 9.64 Å². The molecule has 0 aromatic rings. The molecule has 0 amide bonds. The summed E-state index contributed by atoms with van der Waals surface area (Å²) in [5, 5.41) is 0. The molecule has 3 atom stereocenters. The Labute approximate surface area is 105 Å². The maximum absolute atomic E-state index is 11.6. The van der Waals surface area contributed by atoms with Crippen LogP contribution in [0, 0.1) is 11.8 Å². The molecule has 98 valence electrons. The maximum Gasteiger partial charge on any atom is 0.136 e. The van der Waals surface area contributed by atoms with Gasteiger partial charge in [0.2, 0.25) is 0 Å². The maximum atomic E-state index is 11.6.